The molecule has 0 amide bonds. The standard InChI is InChI=1S/C21H32N4O2.HI/c1-22-21(25-12-9-19(10-13-25)27-15-5-14-26-2)23-11-8-18-16-17-6-3-4-7-20(17)24-18;/h3-4,6-7,16,19,24H,5,8-15H2,1-2H3,(H,22,23);1H. The van der Waals surface area contributed by atoms with Crippen molar-refractivity contribution in [2.75, 3.05) is 47.0 Å². The lowest BCUT2D eigenvalue weighted by atomic mass is 10.1. The first-order chi connectivity index (χ1) is 13.3. The molecule has 3 rings (SSSR count). The van der Waals surface area contributed by atoms with Gasteiger partial charge in [0.05, 0.1) is 6.10 Å². The molecule has 156 valence electrons. The van der Waals surface area contributed by atoms with Crippen LogP contribution in [0.5, 0.6) is 0 Å². The molecule has 0 radical (unpaired) electrons. The van der Waals surface area contributed by atoms with Gasteiger partial charge in [0, 0.05) is 64.6 Å². The van der Waals surface area contributed by atoms with Crippen LogP contribution in [0.2, 0.25) is 0 Å². The summed E-state index contributed by atoms with van der Waals surface area (Å²) in [5, 5.41) is 4.77. The van der Waals surface area contributed by atoms with Gasteiger partial charge in [0.25, 0.3) is 0 Å². The number of fused-ring (bicyclic) bond motifs is 1. The van der Waals surface area contributed by atoms with Gasteiger partial charge in [0.1, 0.15) is 0 Å². The predicted octanol–water partition coefficient (Wildman–Crippen LogP) is 3.42. The van der Waals surface area contributed by atoms with Crippen LogP contribution >= 0.6 is 24.0 Å². The molecule has 1 fully saturated rings. The molecule has 1 saturated heterocycles. The van der Waals surface area contributed by atoms with Crippen LogP contribution in [0.3, 0.4) is 0 Å². The number of ether oxygens (including phenoxy) is 2. The van der Waals surface area contributed by atoms with Crippen molar-refractivity contribution in [1.82, 2.24) is 15.2 Å². The Labute approximate surface area is 185 Å². The molecular weight excluding hydrogens is 467 g/mol. The second kappa shape index (κ2) is 12.3. The largest absolute Gasteiger partial charge is 0.385 e. The lowest BCUT2D eigenvalue weighted by molar-refractivity contribution is 0.00992. The first-order valence-corrected chi connectivity index (χ1v) is 9.93. The highest BCUT2D eigenvalue weighted by atomic mass is 127. The number of rotatable bonds is 8. The van der Waals surface area contributed by atoms with E-state index >= 15 is 0 Å². The SMILES string of the molecule is CN=C(NCCc1cc2ccccc2[nH]1)N1CCC(OCCCOC)CC1.I. The number of nitrogens with one attached hydrogen (secondary N) is 2. The summed E-state index contributed by atoms with van der Waals surface area (Å²) in [6.45, 7) is 4.40. The fraction of sp³-hybridized carbons (Fsp3) is 0.571. The molecule has 7 heteroatoms. The van der Waals surface area contributed by atoms with Gasteiger partial charge in [0.15, 0.2) is 5.96 Å². The van der Waals surface area contributed by atoms with Crippen LogP contribution in [0.25, 0.3) is 10.9 Å². The van der Waals surface area contributed by atoms with Crippen molar-refractivity contribution in [2.45, 2.75) is 31.8 Å². The molecule has 2 N–H and O–H groups in total. The first-order valence-electron chi connectivity index (χ1n) is 9.93. The van der Waals surface area contributed by atoms with Gasteiger partial charge in [-0.2, -0.15) is 0 Å². The summed E-state index contributed by atoms with van der Waals surface area (Å²) in [6, 6.07) is 10.6. The van der Waals surface area contributed by atoms with E-state index in [1.54, 1.807) is 7.11 Å². The fourth-order valence-corrected chi connectivity index (χ4v) is 3.60. The zero-order valence-electron chi connectivity index (χ0n) is 16.9. The van der Waals surface area contributed by atoms with Crippen LogP contribution in [0.15, 0.2) is 35.3 Å². The average Bonchev–Trinajstić information content (AvgIpc) is 3.12. The van der Waals surface area contributed by atoms with E-state index in [2.05, 4.69) is 50.5 Å². The van der Waals surface area contributed by atoms with E-state index in [4.69, 9.17) is 9.47 Å². The van der Waals surface area contributed by atoms with Crippen molar-refractivity contribution in [1.29, 1.82) is 0 Å². The Hall–Kier alpha value is -1.32. The zero-order chi connectivity index (χ0) is 18.9. The van der Waals surface area contributed by atoms with E-state index in [1.807, 2.05) is 7.05 Å². The number of likely N-dealkylation sites (tertiary alicyclic amines) is 1. The Kier molecular flexibility index (Phi) is 10.1. The topological polar surface area (TPSA) is 61.9 Å². The summed E-state index contributed by atoms with van der Waals surface area (Å²) in [6.07, 6.45) is 4.38. The van der Waals surface area contributed by atoms with Crippen molar-refractivity contribution < 1.29 is 9.47 Å². The number of benzene rings is 1. The smallest absolute Gasteiger partial charge is 0.193 e. The molecule has 0 bridgehead atoms. The van der Waals surface area contributed by atoms with Gasteiger partial charge in [-0.05, 0) is 36.8 Å². The van der Waals surface area contributed by atoms with Gasteiger partial charge in [0.2, 0.25) is 0 Å². The molecule has 1 aliphatic heterocycles. The quantitative estimate of drug-likeness (QED) is 0.253. The number of hydrogen-bond acceptors (Lipinski definition) is 3. The van der Waals surface area contributed by atoms with Crippen LogP contribution < -0.4 is 5.32 Å². The van der Waals surface area contributed by atoms with Crippen LogP contribution in [-0.2, 0) is 15.9 Å². The molecule has 28 heavy (non-hydrogen) atoms. The molecule has 2 heterocycles. The monoisotopic (exact) mass is 500 g/mol. The van der Waals surface area contributed by atoms with E-state index in [0.29, 0.717) is 6.10 Å². The summed E-state index contributed by atoms with van der Waals surface area (Å²) in [5.41, 5.74) is 2.45. The molecule has 0 saturated carbocycles. The minimum atomic E-state index is 0. The molecule has 6 nitrogen and oxygen atoms in total. The maximum absolute atomic E-state index is 5.94. The molecule has 1 aromatic heterocycles. The Bertz CT molecular complexity index is 693. The maximum atomic E-state index is 5.94. The highest BCUT2D eigenvalue weighted by molar-refractivity contribution is 14.0. The van der Waals surface area contributed by atoms with Crippen molar-refractivity contribution in [3.8, 4) is 0 Å². The molecule has 0 aliphatic carbocycles. The van der Waals surface area contributed by atoms with Gasteiger partial charge in [-0.15, -0.1) is 24.0 Å². The average molecular weight is 500 g/mol. The number of aliphatic imine (C=N–C) groups is 1. The van der Waals surface area contributed by atoms with E-state index in [9.17, 15) is 0 Å². The van der Waals surface area contributed by atoms with Crippen molar-refractivity contribution in [3.05, 3.63) is 36.0 Å². The minimum absolute atomic E-state index is 0. The van der Waals surface area contributed by atoms with Gasteiger partial charge < -0.3 is 24.7 Å². The highest BCUT2D eigenvalue weighted by Crippen LogP contribution is 2.16. The molecule has 2 aromatic rings. The molecular formula is C21H33IN4O2. The van der Waals surface area contributed by atoms with Crippen molar-refractivity contribution >= 4 is 40.8 Å². The first kappa shape index (κ1) is 23.0. The van der Waals surface area contributed by atoms with E-state index < -0.39 is 0 Å². The van der Waals surface area contributed by atoms with Gasteiger partial charge in [-0.1, -0.05) is 18.2 Å². The Morgan fingerprint density at radius 2 is 2.04 bits per heavy atom. The van der Waals surface area contributed by atoms with Gasteiger partial charge >= 0.3 is 0 Å². The minimum Gasteiger partial charge on any atom is -0.385 e. The van der Waals surface area contributed by atoms with E-state index in [-0.39, 0.29) is 24.0 Å². The maximum Gasteiger partial charge on any atom is 0.193 e. The summed E-state index contributed by atoms with van der Waals surface area (Å²) < 4.78 is 11.0. The number of methoxy groups -OCH3 is 1. The molecule has 0 spiro atoms. The number of halogens is 1. The lowest BCUT2D eigenvalue weighted by Crippen LogP contribution is -2.47. The van der Waals surface area contributed by atoms with Crippen LogP contribution in [0, 0.1) is 0 Å². The third-order valence-electron chi connectivity index (χ3n) is 5.06. The Morgan fingerprint density at radius 3 is 2.75 bits per heavy atom. The zero-order valence-corrected chi connectivity index (χ0v) is 19.3. The number of H-pyrrole nitrogens is 1. The number of guanidine groups is 1. The third kappa shape index (κ3) is 6.63. The molecule has 0 unspecified atom stereocenters. The normalized spacial score (nSPS) is 15.6. The summed E-state index contributed by atoms with van der Waals surface area (Å²) >= 11 is 0. The van der Waals surface area contributed by atoms with Crippen LogP contribution in [-0.4, -0.2) is 69.0 Å². The predicted molar refractivity (Wildman–Crippen MR) is 126 cm³/mol. The van der Waals surface area contributed by atoms with E-state index in [1.165, 1.54) is 16.6 Å². The lowest BCUT2D eigenvalue weighted by Gasteiger charge is -2.34. The molecule has 1 aromatic carbocycles. The molecule has 0 atom stereocenters. The van der Waals surface area contributed by atoms with Gasteiger partial charge in [-0.25, -0.2) is 0 Å². The second-order valence-corrected chi connectivity index (χ2v) is 7.01. The van der Waals surface area contributed by atoms with E-state index in [0.717, 1.165) is 64.5 Å². The third-order valence-corrected chi connectivity index (χ3v) is 5.06. The van der Waals surface area contributed by atoms with Crippen molar-refractivity contribution in [2.24, 2.45) is 4.99 Å². The fourth-order valence-electron chi connectivity index (χ4n) is 3.60. The number of piperidine rings is 1. The Balaban J connectivity index is 0.00000280. The number of nitrogens with zero attached hydrogens (tertiary/aromatic N) is 2. The number of aromatic amines is 1. The summed E-state index contributed by atoms with van der Waals surface area (Å²) in [7, 11) is 3.59. The van der Waals surface area contributed by atoms with Crippen LogP contribution in [0.4, 0.5) is 0 Å². The summed E-state index contributed by atoms with van der Waals surface area (Å²) in [4.78, 5) is 10.3. The second-order valence-electron chi connectivity index (χ2n) is 7.01. The van der Waals surface area contributed by atoms with Crippen LogP contribution in [0.1, 0.15) is 25.0 Å². The number of aromatic nitrogens is 1. The number of para-hydroxylation sites is 1. The summed E-state index contributed by atoms with van der Waals surface area (Å²) in [5.74, 6) is 0.990. The van der Waals surface area contributed by atoms with Crippen molar-refractivity contribution in [3.63, 3.8) is 0 Å². The number of hydrogen-bond donors (Lipinski definition) is 2. The highest BCUT2D eigenvalue weighted by Gasteiger charge is 2.21. The van der Waals surface area contributed by atoms with Gasteiger partial charge in [-0.3, -0.25) is 4.99 Å². The Morgan fingerprint density at radius 1 is 1.25 bits per heavy atom. The molecule has 1 aliphatic rings.